The summed E-state index contributed by atoms with van der Waals surface area (Å²) in [6.45, 7) is 5.99. The molecule has 0 fully saturated rings. The lowest BCUT2D eigenvalue weighted by atomic mass is 9.92. The molecule has 14 heteroatoms. The molecule has 0 saturated carbocycles. The van der Waals surface area contributed by atoms with Crippen LogP contribution in [-0.4, -0.2) is 72.8 Å². The second kappa shape index (κ2) is 23.8. The lowest BCUT2D eigenvalue weighted by Crippen LogP contribution is -2.78. The molecule has 0 aliphatic rings. The Morgan fingerprint density at radius 1 is 0.683 bits per heavy atom. The molecule has 4 amide bonds. The van der Waals surface area contributed by atoms with Gasteiger partial charge in [-0.1, -0.05) is 109 Å². The fourth-order valence-corrected chi connectivity index (χ4v) is 7.43. The summed E-state index contributed by atoms with van der Waals surface area (Å²) < 4.78 is 5.50. The first-order valence-corrected chi connectivity index (χ1v) is 21.4. The monoisotopic (exact) mass is 856 g/mol. The third kappa shape index (κ3) is 14.0. The lowest BCUT2D eigenvalue weighted by molar-refractivity contribution is -0.459. The Morgan fingerprint density at radius 3 is 1.90 bits per heavy atom. The van der Waals surface area contributed by atoms with E-state index in [4.69, 9.17) is 16.2 Å². The molecule has 0 heterocycles. The number of hydrogen-bond acceptors (Lipinski definition) is 6. The molecule has 12 N–H and O–H groups in total. The molecule has 0 spiro atoms. The first-order chi connectivity index (χ1) is 30.5. The Hall–Kier alpha value is -7.06. The summed E-state index contributed by atoms with van der Waals surface area (Å²) in [6.07, 6.45) is 3.71. The normalized spacial score (nSPS) is 12.9. The lowest BCUT2D eigenvalue weighted by Gasteiger charge is -2.26. The zero-order chi connectivity index (χ0) is 45.1. The van der Waals surface area contributed by atoms with E-state index in [1.54, 1.807) is 0 Å². The van der Waals surface area contributed by atoms with Gasteiger partial charge in [-0.2, -0.15) is 0 Å². The van der Waals surface area contributed by atoms with Crippen LogP contribution in [0.3, 0.4) is 0 Å². The minimum absolute atomic E-state index is 0.00338. The highest BCUT2D eigenvalue weighted by molar-refractivity contribution is 6.13. The maximum Gasteiger partial charge on any atom is 0.338 e. The number of nitrogens with two attached hydrogens (primary N) is 2. The number of carbonyl (C=O) groups is 5. The number of benzene rings is 5. The molecule has 4 atom stereocenters. The maximum atomic E-state index is 14.1. The van der Waals surface area contributed by atoms with Gasteiger partial charge in [0.05, 0.1) is 13.1 Å². The number of guanidine groups is 1. The molecule has 0 aromatic heterocycles. The topological polar surface area (TPSA) is 236 Å². The Bertz CT molecular complexity index is 2380. The molecule has 0 unspecified atom stereocenters. The van der Waals surface area contributed by atoms with Crippen molar-refractivity contribution in [2.24, 2.45) is 11.5 Å². The fraction of sp³-hybridized carbons (Fsp3) is 0.306. The van der Waals surface area contributed by atoms with Crippen molar-refractivity contribution < 1.29 is 39.4 Å². The minimum atomic E-state index is -1.12. The molecule has 0 bridgehead atoms. The number of ether oxygens (including phenoxy) is 1. The molecule has 0 radical (unpaired) electrons. The molecule has 5 aromatic rings. The predicted molar refractivity (Wildman–Crippen MR) is 245 cm³/mol. The summed E-state index contributed by atoms with van der Waals surface area (Å²) in [5.74, 6) is -2.87. The standard InChI is InChI=1S/C49H58N8O6/c1-3-14-43(48(62)63-31-34-15-5-4-6-16-34)57-46(60)42(22-13-28-53-49(51)52)55-45(59)41(21-11-12-27-50)56-47(61)44(54-32(2)58)29-33-23-25-35(26-24-33)40-30-36-17-7-8-18-37(36)38-19-9-10-20-39(38)40/h3-10,15-20,23-26,30,41-44H,1,11-14,21-22,27-29,31,50H2,2H3,(H,54,58)(H,55,59)(H,56,61)(H,57,60)(H4,51,52,53)/p+2/t41-,42-,43+,44+/m1/s1. The van der Waals surface area contributed by atoms with E-state index >= 15 is 0 Å². The summed E-state index contributed by atoms with van der Waals surface area (Å²) >= 11 is 0. The highest BCUT2D eigenvalue weighted by atomic mass is 16.5. The van der Waals surface area contributed by atoms with Gasteiger partial charge in [0.25, 0.3) is 0 Å². The number of rotatable bonds is 23. The summed E-state index contributed by atoms with van der Waals surface area (Å²) in [5.41, 5.74) is 18.7. The van der Waals surface area contributed by atoms with Crippen LogP contribution in [0, 0.1) is 0 Å². The zero-order valence-corrected chi connectivity index (χ0v) is 35.9. The van der Waals surface area contributed by atoms with Crippen LogP contribution in [0.4, 0.5) is 0 Å². The molecular weight excluding hydrogens is 797 g/mol. The van der Waals surface area contributed by atoms with E-state index in [0.29, 0.717) is 32.4 Å². The first kappa shape index (κ1) is 47.0. The van der Waals surface area contributed by atoms with Crippen LogP contribution in [0.15, 0.2) is 122 Å². The number of nitrogens with one attached hydrogen (secondary N) is 5. The van der Waals surface area contributed by atoms with E-state index in [1.165, 1.54) is 18.4 Å². The van der Waals surface area contributed by atoms with Crippen molar-refractivity contribution in [3.63, 3.8) is 0 Å². The molecule has 14 nitrogen and oxygen atoms in total. The van der Waals surface area contributed by atoms with E-state index < -0.39 is 53.8 Å². The Kier molecular flexibility index (Phi) is 17.8. The van der Waals surface area contributed by atoms with Gasteiger partial charge < -0.3 is 31.7 Å². The van der Waals surface area contributed by atoms with Crippen molar-refractivity contribution in [1.29, 1.82) is 0 Å². The number of fused-ring (bicyclic) bond motifs is 3. The van der Waals surface area contributed by atoms with Crippen molar-refractivity contribution in [2.75, 3.05) is 13.1 Å². The van der Waals surface area contributed by atoms with Gasteiger partial charge in [0.15, 0.2) is 0 Å². The molecule has 63 heavy (non-hydrogen) atoms. The molecule has 0 aliphatic carbocycles. The molecule has 330 valence electrons. The van der Waals surface area contributed by atoms with Crippen LogP contribution in [-0.2, 0) is 41.7 Å². The van der Waals surface area contributed by atoms with Crippen LogP contribution < -0.4 is 43.5 Å². The van der Waals surface area contributed by atoms with Crippen LogP contribution in [0.5, 0.6) is 0 Å². The fourth-order valence-electron chi connectivity index (χ4n) is 7.43. The van der Waals surface area contributed by atoms with E-state index in [2.05, 4.69) is 68.9 Å². The number of quaternary nitrogens is 1. The number of amides is 4. The quantitative estimate of drug-likeness (QED) is 0.0121. The Morgan fingerprint density at radius 2 is 1.27 bits per heavy atom. The summed E-state index contributed by atoms with van der Waals surface area (Å²) in [7, 11) is 0. The van der Waals surface area contributed by atoms with E-state index in [9.17, 15) is 24.0 Å². The second-order valence-corrected chi connectivity index (χ2v) is 15.5. The van der Waals surface area contributed by atoms with Crippen molar-refractivity contribution in [3.8, 4) is 11.1 Å². The highest BCUT2D eigenvalue weighted by Crippen LogP contribution is 2.35. The van der Waals surface area contributed by atoms with Crippen molar-refractivity contribution in [3.05, 3.63) is 133 Å². The first-order valence-electron chi connectivity index (χ1n) is 21.4. The average Bonchev–Trinajstić information content (AvgIpc) is 3.28. The second-order valence-electron chi connectivity index (χ2n) is 15.5. The third-order valence-corrected chi connectivity index (χ3v) is 10.7. The number of unbranched alkanes of at least 4 members (excludes halogenated alkanes) is 1. The van der Waals surface area contributed by atoms with Gasteiger partial charge in [0.1, 0.15) is 30.8 Å². The zero-order valence-electron chi connectivity index (χ0n) is 35.9. The number of esters is 1. The van der Waals surface area contributed by atoms with E-state index in [-0.39, 0.29) is 38.2 Å². The van der Waals surface area contributed by atoms with Crippen LogP contribution >= 0.6 is 0 Å². The highest BCUT2D eigenvalue weighted by Gasteiger charge is 2.31. The number of hydrogen-bond donors (Lipinski definition) is 8. The molecule has 5 aromatic carbocycles. The van der Waals surface area contributed by atoms with Crippen molar-refractivity contribution >= 4 is 57.1 Å². The van der Waals surface area contributed by atoms with Gasteiger partial charge in [-0.3, -0.25) is 35.6 Å². The van der Waals surface area contributed by atoms with Gasteiger partial charge in [-0.25, -0.2) is 4.79 Å². The maximum absolute atomic E-state index is 14.1. The van der Waals surface area contributed by atoms with Crippen LogP contribution in [0.1, 0.15) is 56.6 Å². The molecule has 5 rings (SSSR count). The SMILES string of the molecule is C=CC[C@H](NC(=O)[C@@H](CCC[NH+]=C(N)N)NC(=O)[C@@H](CCCC[NH3+])NC(=O)[C@H](Cc1ccc(-c2cc3ccccc3c3ccccc23)cc1)NC(C)=O)C(=O)OCc1ccccc1. The van der Waals surface area contributed by atoms with E-state index in [0.717, 1.165) is 38.4 Å². The smallest absolute Gasteiger partial charge is 0.338 e. The Labute approximate surface area is 368 Å². The predicted octanol–water partition coefficient (Wildman–Crippen LogP) is 2.03. The van der Waals surface area contributed by atoms with Gasteiger partial charge in [-0.15, -0.1) is 6.58 Å². The Balaban J connectivity index is 1.32. The van der Waals surface area contributed by atoms with Crippen LogP contribution in [0.25, 0.3) is 32.7 Å². The largest absolute Gasteiger partial charge is 0.459 e. The van der Waals surface area contributed by atoms with Gasteiger partial charge in [0, 0.05) is 13.3 Å². The number of carbonyl (C=O) groups excluding carboxylic acids is 5. The molecule has 0 aliphatic heterocycles. The van der Waals surface area contributed by atoms with Gasteiger partial charge in [0.2, 0.25) is 23.6 Å². The van der Waals surface area contributed by atoms with Gasteiger partial charge >= 0.3 is 11.9 Å². The summed E-state index contributed by atoms with van der Waals surface area (Å²) in [5, 5.41) is 15.7. The summed E-state index contributed by atoms with van der Waals surface area (Å²) in [6, 6.07) is 31.5. The van der Waals surface area contributed by atoms with Crippen LogP contribution in [0.2, 0.25) is 0 Å². The van der Waals surface area contributed by atoms with Gasteiger partial charge in [-0.05, 0) is 88.4 Å². The molecular formula is C49H60N8O6+2. The average molecular weight is 857 g/mol. The third-order valence-electron chi connectivity index (χ3n) is 10.7. The van der Waals surface area contributed by atoms with E-state index in [1.807, 2.05) is 78.9 Å². The molecule has 0 saturated heterocycles. The minimum Gasteiger partial charge on any atom is -0.459 e. The summed E-state index contributed by atoms with van der Waals surface area (Å²) in [4.78, 5) is 70.4. The van der Waals surface area contributed by atoms with Crippen molar-refractivity contribution in [2.45, 2.75) is 82.6 Å². The van der Waals surface area contributed by atoms with Crippen molar-refractivity contribution in [1.82, 2.24) is 21.3 Å².